The molecule has 0 saturated carbocycles. The van der Waals surface area contributed by atoms with Crippen LogP contribution in [0, 0.1) is 6.92 Å². The Kier molecular flexibility index (Phi) is 5.65. The Morgan fingerprint density at radius 2 is 1.88 bits per heavy atom. The first-order valence-electron chi connectivity index (χ1n) is 8.77. The molecular formula is C20H26N2O3S. The third kappa shape index (κ3) is 4.09. The summed E-state index contributed by atoms with van der Waals surface area (Å²) < 4.78 is 33.1. The lowest BCUT2D eigenvalue weighted by Crippen LogP contribution is -2.49. The second-order valence-electron chi connectivity index (χ2n) is 6.84. The maximum atomic E-state index is 13.0. The fourth-order valence-corrected chi connectivity index (χ4v) is 4.99. The molecule has 0 aromatic heterocycles. The molecule has 1 aliphatic rings. The summed E-state index contributed by atoms with van der Waals surface area (Å²) in [6.45, 7) is 3.61. The van der Waals surface area contributed by atoms with Gasteiger partial charge in [0.1, 0.15) is 5.75 Å². The highest BCUT2D eigenvalue weighted by Crippen LogP contribution is 2.32. The molecule has 1 unspecified atom stereocenters. The highest BCUT2D eigenvalue weighted by Gasteiger charge is 2.33. The lowest BCUT2D eigenvalue weighted by atomic mass is 10.0. The van der Waals surface area contributed by atoms with E-state index in [9.17, 15) is 8.42 Å². The van der Waals surface area contributed by atoms with Gasteiger partial charge >= 0.3 is 0 Å². The van der Waals surface area contributed by atoms with Crippen LogP contribution in [0.3, 0.4) is 0 Å². The predicted molar refractivity (Wildman–Crippen MR) is 104 cm³/mol. The molecule has 140 valence electrons. The lowest BCUT2D eigenvalue weighted by Gasteiger charge is -2.39. The number of para-hydroxylation sites is 1. The summed E-state index contributed by atoms with van der Waals surface area (Å²) in [6.07, 6.45) is 0. The van der Waals surface area contributed by atoms with Crippen LogP contribution in [0.2, 0.25) is 0 Å². The number of ether oxygens (including phenoxy) is 1. The van der Waals surface area contributed by atoms with Gasteiger partial charge in [0, 0.05) is 25.2 Å². The molecule has 1 aliphatic heterocycles. The van der Waals surface area contributed by atoms with Crippen molar-refractivity contribution in [1.29, 1.82) is 0 Å². The molecule has 0 amide bonds. The van der Waals surface area contributed by atoms with Crippen LogP contribution in [0.5, 0.6) is 5.75 Å². The summed E-state index contributed by atoms with van der Waals surface area (Å²) >= 11 is 0. The Labute approximate surface area is 156 Å². The van der Waals surface area contributed by atoms with Crippen molar-refractivity contribution in [2.45, 2.75) is 18.7 Å². The van der Waals surface area contributed by atoms with E-state index in [0.717, 1.165) is 22.4 Å². The number of rotatable bonds is 5. The van der Waals surface area contributed by atoms with E-state index in [1.54, 1.807) is 11.4 Å². The summed E-state index contributed by atoms with van der Waals surface area (Å²) in [5.41, 5.74) is 2.92. The Morgan fingerprint density at radius 3 is 2.62 bits per heavy atom. The van der Waals surface area contributed by atoms with E-state index in [4.69, 9.17) is 4.74 Å². The highest BCUT2D eigenvalue weighted by molar-refractivity contribution is 7.88. The Hall–Kier alpha value is -1.89. The van der Waals surface area contributed by atoms with Crippen molar-refractivity contribution in [1.82, 2.24) is 9.21 Å². The standard InChI is InChI=1S/C20H26N2O3S/c1-16-7-6-8-17(13-16)15-26(23,24)22-12-11-21(2)19(14-22)18-9-4-5-10-20(18)25-3/h4-10,13,19H,11-12,14-15H2,1-3H3. The normalized spacial score (nSPS) is 19.4. The van der Waals surface area contributed by atoms with E-state index in [2.05, 4.69) is 4.90 Å². The van der Waals surface area contributed by atoms with E-state index in [0.29, 0.717) is 19.6 Å². The molecule has 1 fully saturated rings. The smallest absolute Gasteiger partial charge is 0.218 e. The zero-order valence-corrected chi connectivity index (χ0v) is 16.4. The van der Waals surface area contributed by atoms with E-state index >= 15 is 0 Å². The van der Waals surface area contributed by atoms with Crippen LogP contribution in [0.4, 0.5) is 0 Å². The molecule has 2 aromatic carbocycles. The number of methoxy groups -OCH3 is 1. The van der Waals surface area contributed by atoms with Gasteiger partial charge in [-0.1, -0.05) is 48.0 Å². The summed E-state index contributed by atoms with van der Waals surface area (Å²) in [5, 5.41) is 0. The molecule has 1 heterocycles. The average Bonchev–Trinajstić information content (AvgIpc) is 2.61. The maximum absolute atomic E-state index is 13.0. The molecular weight excluding hydrogens is 348 g/mol. The number of sulfonamides is 1. The van der Waals surface area contributed by atoms with Gasteiger partial charge in [-0.2, -0.15) is 4.31 Å². The third-order valence-corrected chi connectivity index (χ3v) is 6.75. The van der Waals surface area contributed by atoms with Crippen LogP contribution in [0.1, 0.15) is 22.7 Å². The Balaban J connectivity index is 1.83. The van der Waals surface area contributed by atoms with Gasteiger partial charge in [0.2, 0.25) is 10.0 Å². The van der Waals surface area contributed by atoms with E-state index in [1.807, 2.05) is 62.5 Å². The Morgan fingerprint density at radius 1 is 1.12 bits per heavy atom. The van der Waals surface area contributed by atoms with Gasteiger partial charge in [0.05, 0.1) is 18.9 Å². The van der Waals surface area contributed by atoms with Crippen molar-refractivity contribution in [3.63, 3.8) is 0 Å². The summed E-state index contributed by atoms with van der Waals surface area (Å²) in [7, 11) is 0.305. The van der Waals surface area contributed by atoms with Crippen LogP contribution < -0.4 is 4.74 Å². The van der Waals surface area contributed by atoms with E-state index in [1.165, 1.54) is 0 Å². The molecule has 0 bridgehead atoms. The summed E-state index contributed by atoms with van der Waals surface area (Å²) in [4.78, 5) is 2.19. The van der Waals surface area contributed by atoms with Crippen LogP contribution in [-0.2, 0) is 15.8 Å². The minimum absolute atomic E-state index is 0.0211. The van der Waals surface area contributed by atoms with Crippen molar-refractivity contribution in [2.24, 2.45) is 0 Å². The number of piperazine rings is 1. The number of aryl methyl sites for hydroxylation is 1. The lowest BCUT2D eigenvalue weighted by molar-refractivity contribution is 0.145. The quantitative estimate of drug-likeness (QED) is 0.808. The number of benzene rings is 2. The van der Waals surface area contributed by atoms with Gasteiger partial charge in [0.25, 0.3) is 0 Å². The van der Waals surface area contributed by atoms with Crippen LogP contribution in [0.25, 0.3) is 0 Å². The first kappa shape index (κ1) is 18.9. The molecule has 0 N–H and O–H groups in total. The Bertz CT molecular complexity index is 867. The fraction of sp³-hybridized carbons (Fsp3) is 0.400. The molecule has 1 atom stereocenters. The average molecular weight is 375 g/mol. The topological polar surface area (TPSA) is 49.9 Å². The number of likely N-dealkylation sites (N-methyl/N-ethyl adjacent to an activating group) is 1. The molecule has 3 rings (SSSR count). The van der Waals surface area contributed by atoms with Gasteiger partial charge < -0.3 is 4.74 Å². The second-order valence-corrected chi connectivity index (χ2v) is 8.81. The number of hydrogen-bond donors (Lipinski definition) is 0. The SMILES string of the molecule is COc1ccccc1C1CN(S(=O)(=O)Cc2cccc(C)c2)CCN1C. The molecule has 0 radical (unpaired) electrons. The largest absolute Gasteiger partial charge is 0.496 e. The zero-order valence-electron chi connectivity index (χ0n) is 15.6. The first-order valence-corrected chi connectivity index (χ1v) is 10.4. The minimum Gasteiger partial charge on any atom is -0.496 e. The van der Waals surface area contributed by atoms with Gasteiger partial charge in [-0.3, -0.25) is 4.90 Å². The van der Waals surface area contributed by atoms with Crippen LogP contribution in [0.15, 0.2) is 48.5 Å². The zero-order chi connectivity index (χ0) is 18.7. The fourth-order valence-electron chi connectivity index (χ4n) is 3.48. The van der Waals surface area contributed by atoms with Gasteiger partial charge in [-0.05, 0) is 25.6 Å². The van der Waals surface area contributed by atoms with Crippen molar-refractivity contribution in [2.75, 3.05) is 33.8 Å². The molecule has 2 aromatic rings. The number of hydrogen-bond acceptors (Lipinski definition) is 4. The molecule has 26 heavy (non-hydrogen) atoms. The second kappa shape index (κ2) is 7.78. The van der Waals surface area contributed by atoms with E-state index in [-0.39, 0.29) is 11.8 Å². The van der Waals surface area contributed by atoms with Crippen molar-refractivity contribution in [3.8, 4) is 5.75 Å². The monoisotopic (exact) mass is 374 g/mol. The van der Waals surface area contributed by atoms with Gasteiger partial charge in [-0.15, -0.1) is 0 Å². The van der Waals surface area contributed by atoms with Crippen molar-refractivity contribution < 1.29 is 13.2 Å². The third-order valence-electron chi connectivity index (χ3n) is 4.93. The van der Waals surface area contributed by atoms with Gasteiger partial charge in [-0.25, -0.2) is 8.42 Å². The molecule has 6 heteroatoms. The summed E-state index contributed by atoms with van der Waals surface area (Å²) in [6, 6.07) is 15.5. The highest BCUT2D eigenvalue weighted by atomic mass is 32.2. The van der Waals surface area contributed by atoms with Crippen LogP contribution >= 0.6 is 0 Å². The van der Waals surface area contributed by atoms with Crippen molar-refractivity contribution in [3.05, 3.63) is 65.2 Å². The van der Waals surface area contributed by atoms with Gasteiger partial charge in [0.15, 0.2) is 0 Å². The molecule has 5 nitrogen and oxygen atoms in total. The predicted octanol–water partition coefficient (Wildman–Crippen LogP) is 2.82. The van der Waals surface area contributed by atoms with E-state index < -0.39 is 10.0 Å². The maximum Gasteiger partial charge on any atom is 0.218 e. The minimum atomic E-state index is -3.37. The molecule has 0 aliphatic carbocycles. The first-order chi connectivity index (χ1) is 12.4. The summed E-state index contributed by atoms with van der Waals surface area (Å²) in [5.74, 6) is 0.833. The van der Waals surface area contributed by atoms with Crippen LogP contribution in [-0.4, -0.2) is 51.4 Å². The number of nitrogens with zero attached hydrogens (tertiary/aromatic N) is 2. The molecule has 1 saturated heterocycles. The van der Waals surface area contributed by atoms with Crippen molar-refractivity contribution >= 4 is 10.0 Å². The molecule has 0 spiro atoms.